The van der Waals surface area contributed by atoms with Crippen molar-refractivity contribution in [3.63, 3.8) is 0 Å². The van der Waals surface area contributed by atoms with Crippen molar-refractivity contribution >= 4 is 23.4 Å². The molecule has 0 N–H and O–H groups in total. The van der Waals surface area contributed by atoms with Gasteiger partial charge in [-0.05, 0) is 35.4 Å². The summed E-state index contributed by atoms with van der Waals surface area (Å²) in [5.74, 6) is 0.0381. The van der Waals surface area contributed by atoms with Gasteiger partial charge >= 0.3 is 0 Å². The molecule has 1 heterocycles. The third-order valence-electron chi connectivity index (χ3n) is 3.52. The molecule has 3 rings (SSSR count). The normalized spacial score (nSPS) is 16.9. The number of fused-ring (bicyclic) bond motifs is 2. The first kappa shape index (κ1) is 14.0. The second-order valence-corrected chi connectivity index (χ2v) is 6.16. The van der Waals surface area contributed by atoms with Crippen LogP contribution in [0.3, 0.4) is 0 Å². The largest absolute Gasteiger partial charge is 0.355 e. The van der Waals surface area contributed by atoms with Crippen LogP contribution >= 0.6 is 23.4 Å². The molecule has 0 saturated heterocycles. The van der Waals surface area contributed by atoms with Gasteiger partial charge in [-0.1, -0.05) is 41.6 Å². The highest BCUT2D eigenvalue weighted by Crippen LogP contribution is 2.48. The fraction of sp³-hybridized carbons (Fsp3) is 0.250. The molecule has 104 valence electrons. The standard InChI is InChI=1S/C16H15ClO2S/c1-18-16(19-2)15-11-5-3-4-6-13(11)20-14-8-7-10(17)9-12(14)15/h3-9,15-16H,1-2H3. The van der Waals surface area contributed by atoms with Crippen LogP contribution < -0.4 is 0 Å². The number of rotatable bonds is 3. The van der Waals surface area contributed by atoms with Crippen LogP contribution in [-0.2, 0) is 9.47 Å². The number of hydrogen-bond donors (Lipinski definition) is 0. The lowest BCUT2D eigenvalue weighted by Crippen LogP contribution is -2.26. The van der Waals surface area contributed by atoms with E-state index >= 15 is 0 Å². The summed E-state index contributed by atoms with van der Waals surface area (Å²) in [5, 5.41) is 0.736. The van der Waals surface area contributed by atoms with Gasteiger partial charge in [0.05, 0.1) is 5.92 Å². The Bertz CT molecular complexity index is 626. The van der Waals surface area contributed by atoms with Crippen molar-refractivity contribution in [1.82, 2.24) is 0 Å². The Hall–Kier alpha value is -1.00. The van der Waals surface area contributed by atoms with Gasteiger partial charge in [0.2, 0.25) is 0 Å². The minimum atomic E-state index is -0.325. The van der Waals surface area contributed by atoms with E-state index < -0.39 is 0 Å². The van der Waals surface area contributed by atoms with Crippen LogP contribution in [0.25, 0.3) is 0 Å². The molecule has 2 aromatic rings. The minimum absolute atomic E-state index is 0.0381. The first-order chi connectivity index (χ1) is 9.74. The maximum atomic E-state index is 6.17. The highest BCUT2D eigenvalue weighted by molar-refractivity contribution is 7.99. The Kier molecular flexibility index (Phi) is 4.03. The molecule has 0 amide bonds. The summed E-state index contributed by atoms with van der Waals surface area (Å²) >= 11 is 7.93. The van der Waals surface area contributed by atoms with E-state index in [0.717, 1.165) is 10.6 Å². The molecule has 2 aromatic carbocycles. The number of benzene rings is 2. The first-order valence-electron chi connectivity index (χ1n) is 6.36. The van der Waals surface area contributed by atoms with E-state index in [9.17, 15) is 0 Å². The molecule has 2 nitrogen and oxygen atoms in total. The molecule has 1 atom stereocenters. The average molecular weight is 307 g/mol. The monoisotopic (exact) mass is 306 g/mol. The molecule has 0 fully saturated rings. The van der Waals surface area contributed by atoms with Crippen LogP contribution in [0, 0.1) is 0 Å². The highest BCUT2D eigenvalue weighted by atomic mass is 35.5. The average Bonchev–Trinajstić information content (AvgIpc) is 2.48. The summed E-state index contributed by atoms with van der Waals surface area (Å²) in [5.41, 5.74) is 2.39. The summed E-state index contributed by atoms with van der Waals surface area (Å²) in [4.78, 5) is 2.45. The number of methoxy groups -OCH3 is 2. The van der Waals surface area contributed by atoms with Gasteiger partial charge in [-0.3, -0.25) is 0 Å². The zero-order valence-electron chi connectivity index (χ0n) is 11.3. The molecule has 1 aliphatic rings. The van der Waals surface area contributed by atoms with Gasteiger partial charge in [0, 0.05) is 29.0 Å². The molecule has 0 aromatic heterocycles. The van der Waals surface area contributed by atoms with Gasteiger partial charge < -0.3 is 9.47 Å². The third-order valence-corrected chi connectivity index (χ3v) is 4.94. The predicted octanol–water partition coefficient (Wildman–Crippen LogP) is 4.56. The van der Waals surface area contributed by atoms with Crippen LogP contribution in [0.4, 0.5) is 0 Å². The summed E-state index contributed by atoms with van der Waals surface area (Å²) in [6, 6.07) is 14.4. The number of halogens is 1. The van der Waals surface area contributed by atoms with Crippen molar-refractivity contribution in [2.45, 2.75) is 22.0 Å². The van der Waals surface area contributed by atoms with Crippen LogP contribution in [-0.4, -0.2) is 20.5 Å². The van der Waals surface area contributed by atoms with E-state index in [2.05, 4.69) is 24.3 Å². The van der Waals surface area contributed by atoms with E-state index in [1.165, 1.54) is 15.4 Å². The first-order valence-corrected chi connectivity index (χ1v) is 7.56. The van der Waals surface area contributed by atoms with Gasteiger partial charge in [0.1, 0.15) is 0 Å². The number of hydrogen-bond acceptors (Lipinski definition) is 3. The quantitative estimate of drug-likeness (QED) is 0.775. The maximum absolute atomic E-state index is 6.17. The second kappa shape index (κ2) is 5.78. The number of ether oxygens (including phenoxy) is 2. The van der Waals surface area contributed by atoms with Crippen molar-refractivity contribution < 1.29 is 9.47 Å². The lowest BCUT2D eigenvalue weighted by Gasteiger charge is -2.32. The molecular weight excluding hydrogens is 292 g/mol. The summed E-state index contributed by atoms with van der Waals surface area (Å²) in [6.45, 7) is 0. The summed E-state index contributed by atoms with van der Waals surface area (Å²) in [6.07, 6.45) is -0.325. The highest BCUT2D eigenvalue weighted by Gasteiger charge is 2.32. The van der Waals surface area contributed by atoms with Crippen LogP contribution in [0.5, 0.6) is 0 Å². The fourth-order valence-electron chi connectivity index (χ4n) is 2.63. The SMILES string of the molecule is COC(OC)C1c2ccccc2Sc2ccc(Cl)cc21. The molecule has 4 heteroatoms. The molecule has 0 spiro atoms. The Morgan fingerprint density at radius 3 is 2.45 bits per heavy atom. The molecule has 1 unspecified atom stereocenters. The van der Waals surface area contributed by atoms with Crippen LogP contribution in [0.2, 0.25) is 5.02 Å². The lowest BCUT2D eigenvalue weighted by atomic mass is 9.90. The second-order valence-electron chi connectivity index (χ2n) is 4.64. The van der Waals surface area contributed by atoms with E-state index in [1.54, 1.807) is 26.0 Å². The molecule has 0 radical (unpaired) electrons. The molecule has 0 bridgehead atoms. The minimum Gasteiger partial charge on any atom is -0.355 e. The van der Waals surface area contributed by atoms with Crippen LogP contribution in [0.1, 0.15) is 17.0 Å². The summed E-state index contributed by atoms with van der Waals surface area (Å²) < 4.78 is 11.0. The van der Waals surface area contributed by atoms with E-state index in [1.807, 2.05) is 18.2 Å². The summed E-state index contributed by atoms with van der Waals surface area (Å²) in [7, 11) is 3.34. The zero-order chi connectivity index (χ0) is 14.1. The maximum Gasteiger partial charge on any atom is 0.167 e. The van der Waals surface area contributed by atoms with E-state index in [-0.39, 0.29) is 12.2 Å². The Morgan fingerprint density at radius 1 is 1.00 bits per heavy atom. The molecular formula is C16H15ClO2S. The Labute approximate surface area is 128 Å². The van der Waals surface area contributed by atoms with E-state index in [0.29, 0.717) is 0 Å². The van der Waals surface area contributed by atoms with Gasteiger partial charge in [0.15, 0.2) is 6.29 Å². The van der Waals surface area contributed by atoms with Crippen molar-refractivity contribution in [2.24, 2.45) is 0 Å². The molecule has 20 heavy (non-hydrogen) atoms. The third kappa shape index (κ3) is 2.35. The molecule has 0 aliphatic carbocycles. The van der Waals surface area contributed by atoms with Crippen LogP contribution in [0.15, 0.2) is 52.3 Å². The zero-order valence-corrected chi connectivity index (χ0v) is 12.9. The van der Waals surface area contributed by atoms with Crippen molar-refractivity contribution in [3.05, 3.63) is 58.6 Å². The molecule has 1 aliphatic heterocycles. The van der Waals surface area contributed by atoms with Crippen molar-refractivity contribution in [2.75, 3.05) is 14.2 Å². The topological polar surface area (TPSA) is 18.5 Å². The lowest BCUT2D eigenvalue weighted by molar-refractivity contribution is -0.112. The Balaban J connectivity index is 2.18. The van der Waals surface area contributed by atoms with Gasteiger partial charge in [-0.25, -0.2) is 0 Å². The fourth-order valence-corrected chi connectivity index (χ4v) is 3.95. The van der Waals surface area contributed by atoms with Gasteiger partial charge in [0.25, 0.3) is 0 Å². The molecule has 0 saturated carbocycles. The van der Waals surface area contributed by atoms with E-state index in [4.69, 9.17) is 21.1 Å². The Morgan fingerprint density at radius 2 is 1.70 bits per heavy atom. The van der Waals surface area contributed by atoms with Gasteiger partial charge in [-0.15, -0.1) is 0 Å². The van der Waals surface area contributed by atoms with Crippen molar-refractivity contribution in [1.29, 1.82) is 0 Å². The van der Waals surface area contributed by atoms with Crippen molar-refractivity contribution in [3.8, 4) is 0 Å². The smallest absolute Gasteiger partial charge is 0.167 e. The predicted molar refractivity (Wildman–Crippen MR) is 81.7 cm³/mol. The van der Waals surface area contributed by atoms with Gasteiger partial charge in [-0.2, -0.15) is 0 Å².